The fourth-order valence-electron chi connectivity index (χ4n) is 2.36. The Hall–Kier alpha value is -1.81. The number of fused-ring (bicyclic) bond motifs is 1. The second-order valence-electron chi connectivity index (χ2n) is 4.67. The number of nitrogens with zero attached hydrogens (tertiary/aromatic N) is 1. The van der Waals surface area contributed by atoms with E-state index in [9.17, 15) is 4.79 Å². The predicted molar refractivity (Wildman–Crippen MR) is 78.6 cm³/mol. The molecule has 2 aromatic rings. The highest BCUT2D eigenvalue weighted by molar-refractivity contribution is 9.10. The van der Waals surface area contributed by atoms with Crippen LogP contribution in [0.3, 0.4) is 0 Å². The van der Waals surface area contributed by atoms with Crippen molar-refractivity contribution in [1.29, 1.82) is 0 Å². The molecule has 0 bridgehead atoms. The Bertz CT molecular complexity index is 654. The van der Waals surface area contributed by atoms with E-state index in [0.29, 0.717) is 18.7 Å². The Balaban J connectivity index is 1.87. The molecule has 1 heterocycles. The van der Waals surface area contributed by atoms with Gasteiger partial charge in [0.05, 0.1) is 5.56 Å². The van der Waals surface area contributed by atoms with Crippen LogP contribution in [0.1, 0.15) is 21.5 Å². The SMILES string of the molecule is Nc1ccc2c(c1)CN(C(=O)c1ccccc1Br)C2. The molecule has 4 heteroatoms. The highest BCUT2D eigenvalue weighted by Gasteiger charge is 2.25. The highest BCUT2D eigenvalue weighted by atomic mass is 79.9. The second-order valence-corrected chi connectivity index (χ2v) is 5.52. The normalized spacial score (nSPS) is 13.4. The number of hydrogen-bond donors (Lipinski definition) is 1. The first-order valence-electron chi connectivity index (χ1n) is 6.06. The average Bonchev–Trinajstić information content (AvgIpc) is 2.81. The van der Waals surface area contributed by atoms with Crippen LogP contribution < -0.4 is 5.73 Å². The zero-order valence-corrected chi connectivity index (χ0v) is 11.9. The summed E-state index contributed by atoms with van der Waals surface area (Å²) in [5.74, 6) is 0.0437. The molecule has 1 aliphatic heterocycles. The van der Waals surface area contributed by atoms with Gasteiger partial charge in [-0.1, -0.05) is 18.2 Å². The van der Waals surface area contributed by atoms with Gasteiger partial charge < -0.3 is 10.6 Å². The maximum Gasteiger partial charge on any atom is 0.255 e. The lowest BCUT2D eigenvalue weighted by Gasteiger charge is -2.16. The Morgan fingerprint density at radius 3 is 2.63 bits per heavy atom. The van der Waals surface area contributed by atoms with E-state index < -0.39 is 0 Å². The third-order valence-corrected chi connectivity index (χ3v) is 4.04. The minimum Gasteiger partial charge on any atom is -0.399 e. The van der Waals surface area contributed by atoms with Crippen LogP contribution in [0.15, 0.2) is 46.9 Å². The van der Waals surface area contributed by atoms with Gasteiger partial charge in [-0.25, -0.2) is 0 Å². The van der Waals surface area contributed by atoms with Gasteiger partial charge in [-0.15, -0.1) is 0 Å². The number of rotatable bonds is 1. The molecule has 19 heavy (non-hydrogen) atoms. The fourth-order valence-corrected chi connectivity index (χ4v) is 2.82. The molecule has 0 unspecified atom stereocenters. The van der Waals surface area contributed by atoms with Crippen molar-refractivity contribution >= 4 is 27.5 Å². The Morgan fingerprint density at radius 2 is 1.84 bits per heavy atom. The molecule has 3 rings (SSSR count). The van der Waals surface area contributed by atoms with E-state index >= 15 is 0 Å². The Kier molecular flexibility index (Phi) is 3.03. The summed E-state index contributed by atoms with van der Waals surface area (Å²) in [7, 11) is 0. The molecule has 0 atom stereocenters. The van der Waals surface area contributed by atoms with Crippen molar-refractivity contribution in [3.8, 4) is 0 Å². The summed E-state index contributed by atoms with van der Waals surface area (Å²) in [6, 6.07) is 13.3. The summed E-state index contributed by atoms with van der Waals surface area (Å²) in [5.41, 5.74) is 9.53. The van der Waals surface area contributed by atoms with E-state index in [4.69, 9.17) is 5.73 Å². The third-order valence-electron chi connectivity index (χ3n) is 3.34. The first-order valence-corrected chi connectivity index (χ1v) is 6.85. The minimum absolute atomic E-state index is 0.0437. The first-order chi connectivity index (χ1) is 9.15. The van der Waals surface area contributed by atoms with Gasteiger partial charge in [-0.2, -0.15) is 0 Å². The molecule has 1 amide bonds. The molecule has 0 spiro atoms. The Labute approximate surface area is 120 Å². The summed E-state index contributed by atoms with van der Waals surface area (Å²) in [6.07, 6.45) is 0. The topological polar surface area (TPSA) is 46.3 Å². The number of hydrogen-bond acceptors (Lipinski definition) is 2. The van der Waals surface area contributed by atoms with Gasteiger partial charge in [0.25, 0.3) is 5.91 Å². The number of nitrogens with two attached hydrogens (primary N) is 1. The molecule has 0 aromatic heterocycles. The van der Waals surface area contributed by atoms with E-state index in [-0.39, 0.29) is 5.91 Å². The van der Waals surface area contributed by atoms with Crippen LogP contribution in [0, 0.1) is 0 Å². The molecular formula is C15H13BrN2O. The summed E-state index contributed by atoms with van der Waals surface area (Å²) < 4.78 is 0.829. The molecule has 0 radical (unpaired) electrons. The maximum atomic E-state index is 12.5. The van der Waals surface area contributed by atoms with Gasteiger partial charge in [-0.3, -0.25) is 4.79 Å². The average molecular weight is 317 g/mol. The van der Waals surface area contributed by atoms with Gasteiger partial charge in [0.2, 0.25) is 0 Å². The molecular weight excluding hydrogens is 304 g/mol. The molecule has 0 saturated heterocycles. The largest absolute Gasteiger partial charge is 0.399 e. The quantitative estimate of drug-likeness (QED) is 0.821. The standard InChI is InChI=1S/C15H13BrN2O/c16-14-4-2-1-3-13(14)15(19)18-8-10-5-6-12(17)7-11(10)9-18/h1-7H,8-9,17H2. The van der Waals surface area contributed by atoms with Crippen LogP contribution in [0.4, 0.5) is 5.69 Å². The molecule has 2 aromatic carbocycles. The number of amides is 1. The van der Waals surface area contributed by atoms with Crippen molar-refractivity contribution < 1.29 is 4.79 Å². The van der Waals surface area contributed by atoms with Crippen LogP contribution in [-0.2, 0) is 13.1 Å². The van der Waals surface area contributed by atoms with E-state index in [1.165, 1.54) is 5.56 Å². The molecule has 96 valence electrons. The van der Waals surface area contributed by atoms with Crippen molar-refractivity contribution in [2.75, 3.05) is 5.73 Å². The van der Waals surface area contributed by atoms with Gasteiger partial charge >= 0.3 is 0 Å². The van der Waals surface area contributed by atoms with E-state index in [1.807, 2.05) is 47.4 Å². The monoisotopic (exact) mass is 316 g/mol. The highest BCUT2D eigenvalue weighted by Crippen LogP contribution is 2.27. The molecule has 0 saturated carbocycles. The smallest absolute Gasteiger partial charge is 0.255 e. The van der Waals surface area contributed by atoms with Crippen LogP contribution in [0.25, 0.3) is 0 Å². The van der Waals surface area contributed by atoms with Crippen molar-refractivity contribution in [3.05, 3.63) is 63.6 Å². The lowest BCUT2D eigenvalue weighted by molar-refractivity contribution is 0.0750. The third kappa shape index (κ3) is 2.24. The Morgan fingerprint density at radius 1 is 1.11 bits per heavy atom. The fraction of sp³-hybridized carbons (Fsp3) is 0.133. The van der Waals surface area contributed by atoms with E-state index in [1.54, 1.807) is 0 Å². The predicted octanol–water partition coefficient (Wildman–Crippen LogP) is 3.19. The number of benzene rings is 2. The maximum absolute atomic E-state index is 12.5. The zero-order chi connectivity index (χ0) is 13.4. The zero-order valence-electron chi connectivity index (χ0n) is 10.3. The van der Waals surface area contributed by atoms with E-state index in [0.717, 1.165) is 15.7 Å². The van der Waals surface area contributed by atoms with Gasteiger partial charge in [0, 0.05) is 23.2 Å². The van der Waals surface area contributed by atoms with Crippen molar-refractivity contribution in [2.24, 2.45) is 0 Å². The minimum atomic E-state index is 0.0437. The number of halogens is 1. The van der Waals surface area contributed by atoms with Crippen LogP contribution >= 0.6 is 15.9 Å². The van der Waals surface area contributed by atoms with Crippen molar-refractivity contribution in [2.45, 2.75) is 13.1 Å². The van der Waals surface area contributed by atoms with Crippen molar-refractivity contribution in [3.63, 3.8) is 0 Å². The molecule has 0 fully saturated rings. The lowest BCUT2D eigenvalue weighted by atomic mass is 10.1. The molecule has 1 aliphatic rings. The van der Waals surface area contributed by atoms with Gasteiger partial charge in [-0.05, 0) is 51.3 Å². The number of anilines is 1. The van der Waals surface area contributed by atoms with Crippen LogP contribution in [0.5, 0.6) is 0 Å². The van der Waals surface area contributed by atoms with Crippen LogP contribution in [-0.4, -0.2) is 10.8 Å². The lowest BCUT2D eigenvalue weighted by Crippen LogP contribution is -2.25. The summed E-state index contributed by atoms with van der Waals surface area (Å²) in [6.45, 7) is 1.27. The first kappa shape index (κ1) is 12.2. The van der Waals surface area contributed by atoms with E-state index in [2.05, 4.69) is 15.9 Å². The van der Waals surface area contributed by atoms with Gasteiger partial charge in [0.1, 0.15) is 0 Å². The number of carbonyl (C=O) groups is 1. The van der Waals surface area contributed by atoms with Gasteiger partial charge in [0.15, 0.2) is 0 Å². The summed E-state index contributed by atoms with van der Waals surface area (Å²) in [4.78, 5) is 14.3. The molecule has 3 nitrogen and oxygen atoms in total. The van der Waals surface area contributed by atoms with Crippen molar-refractivity contribution in [1.82, 2.24) is 4.90 Å². The number of nitrogen functional groups attached to an aromatic ring is 1. The number of carbonyl (C=O) groups excluding carboxylic acids is 1. The molecule has 0 aliphatic carbocycles. The molecule has 2 N–H and O–H groups in total. The van der Waals surface area contributed by atoms with Crippen LogP contribution in [0.2, 0.25) is 0 Å². The summed E-state index contributed by atoms with van der Waals surface area (Å²) in [5, 5.41) is 0. The second kappa shape index (κ2) is 4.70. The summed E-state index contributed by atoms with van der Waals surface area (Å²) >= 11 is 3.42.